The van der Waals surface area contributed by atoms with Crippen LogP contribution in [-0.2, 0) is 24.2 Å². The second-order valence-electron chi connectivity index (χ2n) is 8.85. The maximum absolute atomic E-state index is 11.5. The molecular formula is C27H30ClN5O2S2. The van der Waals surface area contributed by atoms with Gasteiger partial charge in [-0.05, 0) is 43.5 Å². The number of aryl methyl sites for hydroxylation is 1. The number of halogens is 1. The van der Waals surface area contributed by atoms with Gasteiger partial charge in [-0.15, -0.1) is 23.7 Å². The molecule has 4 rings (SSSR count). The molecule has 0 aliphatic rings. The number of aromatic nitrogens is 4. The monoisotopic (exact) mass is 555 g/mol. The summed E-state index contributed by atoms with van der Waals surface area (Å²) in [4.78, 5) is 31.9. The Bertz CT molecular complexity index is 1280. The molecule has 0 atom stereocenters. The van der Waals surface area contributed by atoms with Crippen molar-refractivity contribution in [2.45, 2.75) is 49.2 Å². The third-order valence-electron chi connectivity index (χ3n) is 5.70. The number of hydrogen-bond donors (Lipinski definition) is 1. The topological polar surface area (TPSA) is 92.1 Å². The van der Waals surface area contributed by atoms with Crippen LogP contribution in [0.1, 0.15) is 37.6 Å². The predicted molar refractivity (Wildman–Crippen MR) is 153 cm³/mol. The van der Waals surface area contributed by atoms with Gasteiger partial charge in [-0.25, -0.2) is 15.0 Å². The molecule has 7 nitrogen and oxygen atoms in total. The largest absolute Gasteiger partial charge is 0.480 e. The summed E-state index contributed by atoms with van der Waals surface area (Å²) in [5.41, 5.74) is 5.20. The number of carbonyl (C=O) groups is 1. The summed E-state index contributed by atoms with van der Waals surface area (Å²) in [6.07, 6.45) is 7.15. The predicted octanol–water partition coefficient (Wildman–Crippen LogP) is 6.18. The lowest BCUT2D eigenvalue weighted by atomic mass is 10.1. The number of thiazole rings is 1. The lowest BCUT2D eigenvalue weighted by molar-refractivity contribution is -0.138. The van der Waals surface area contributed by atoms with Gasteiger partial charge in [0.05, 0.1) is 11.4 Å². The summed E-state index contributed by atoms with van der Waals surface area (Å²) in [6, 6.07) is 14.3. The molecule has 37 heavy (non-hydrogen) atoms. The molecule has 1 N–H and O–H groups in total. The molecule has 10 heteroatoms. The first-order valence-electron chi connectivity index (χ1n) is 11.8. The van der Waals surface area contributed by atoms with Crippen LogP contribution in [0.25, 0.3) is 11.3 Å². The van der Waals surface area contributed by atoms with Gasteiger partial charge >= 0.3 is 5.97 Å². The molecule has 0 fully saturated rings. The number of carboxylic acid groups (broad SMARTS) is 1. The van der Waals surface area contributed by atoms with Gasteiger partial charge < -0.3 is 10.0 Å². The van der Waals surface area contributed by atoms with Gasteiger partial charge in [0, 0.05) is 49.0 Å². The van der Waals surface area contributed by atoms with Crippen LogP contribution >= 0.6 is 35.5 Å². The summed E-state index contributed by atoms with van der Waals surface area (Å²) in [5, 5.41) is 11.4. The smallest absolute Gasteiger partial charge is 0.319 e. The fourth-order valence-electron chi connectivity index (χ4n) is 3.44. The first-order chi connectivity index (χ1) is 17.3. The van der Waals surface area contributed by atoms with E-state index < -0.39 is 10.7 Å². The van der Waals surface area contributed by atoms with E-state index in [1.807, 2.05) is 36.0 Å². The average Bonchev–Trinajstić information content (AvgIpc) is 3.34. The van der Waals surface area contributed by atoms with E-state index in [-0.39, 0.29) is 12.4 Å². The number of hydrogen-bond acceptors (Lipinski definition) is 8. The molecule has 3 heterocycles. The second-order valence-corrected chi connectivity index (χ2v) is 11.6. The van der Waals surface area contributed by atoms with Crippen LogP contribution in [0, 0.1) is 0 Å². The zero-order valence-electron chi connectivity index (χ0n) is 21.0. The molecule has 0 radical (unpaired) electrons. The molecule has 0 spiro atoms. The van der Waals surface area contributed by atoms with Crippen LogP contribution in [-0.4, -0.2) is 42.3 Å². The van der Waals surface area contributed by atoms with Gasteiger partial charge in [0.25, 0.3) is 0 Å². The van der Waals surface area contributed by atoms with Gasteiger partial charge in [0.1, 0.15) is 4.75 Å². The van der Waals surface area contributed by atoms with Crippen LogP contribution in [0.2, 0.25) is 0 Å². The third-order valence-corrected chi connectivity index (χ3v) is 7.87. The molecule has 0 aliphatic carbocycles. The molecule has 194 valence electrons. The fraction of sp³-hybridized carbons (Fsp3) is 0.296. The van der Waals surface area contributed by atoms with Crippen molar-refractivity contribution in [3.63, 3.8) is 0 Å². The Morgan fingerprint density at radius 1 is 1.05 bits per heavy atom. The summed E-state index contributed by atoms with van der Waals surface area (Å²) >= 11 is 2.76. The zero-order valence-corrected chi connectivity index (χ0v) is 23.4. The Morgan fingerprint density at radius 2 is 1.78 bits per heavy atom. The number of nitrogens with zero attached hydrogens (tertiary/aromatic N) is 5. The maximum atomic E-state index is 11.5. The first kappa shape index (κ1) is 28.6. The second kappa shape index (κ2) is 13.0. The van der Waals surface area contributed by atoms with Crippen molar-refractivity contribution in [2.75, 3.05) is 11.4 Å². The van der Waals surface area contributed by atoms with E-state index in [9.17, 15) is 9.90 Å². The molecule has 0 bridgehead atoms. The highest BCUT2D eigenvalue weighted by molar-refractivity contribution is 8.03. The molecular weight excluding hydrogens is 526 g/mol. The highest BCUT2D eigenvalue weighted by Gasteiger charge is 2.29. The Hall–Kier alpha value is -3.01. The summed E-state index contributed by atoms with van der Waals surface area (Å²) in [6.45, 7) is 6.82. The summed E-state index contributed by atoms with van der Waals surface area (Å²) in [7, 11) is 0. The van der Waals surface area contributed by atoms with Crippen molar-refractivity contribution in [1.29, 1.82) is 0 Å². The molecule has 0 aliphatic heterocycles. The van der Waals surface area contributed by atoms with Crippen LogP contribution < -0.4 is 4.90 Å². The highest BCUT2D eigenvalue weighted by Crippen LogP contribution is 2.34. The summed E-state index contributed by atoms with van der Waals surface area (Å²) in [5.74, 6) is -0.171. The lowest BCUT2D eigenvalue weighted by Crippen LogP contribution is -2.27. The maximum Gasteiger partial charge on any atom is 0.319 e. The van der Waals surface area contributed by atoms with Gasteiger partial charge in [-0.3, -0.25) is 9.78 Å². The van der Waals surface area contributed by atoms with Crippen LogP contribution in [0.3, 0.4) is 0 Å². The van der Waals surface area contributed by atoms with Crippen molar-refractivity contribution in [1.82, 2.24) is 19.9 Å². The Kier molecular flexibility index (Phi) is 10.0. The Morgan fingerprint density at radius 3 is 2.41 bits per heavy atom. The van der Waals surface area contributed by atoms with Crippen LogP contribution in [0.4, 0.5) is 5.95 Å². The normalized spacial score (nSPS) is 11.1. The summed E-state index contributed by atoms with van der Waals surface area (Å²) < 4.78 is -0.158. The quantitative estimate of drug-likeness (QED) is 0.219. The molecule has 1 aromatic carbocycles. The number of carboxylic acids is 1. The molecule has 4 aromatic rings. The number of rotatable bonds is 11. The molecule has 3 aromatic heterocycles. The van der Waals surface area contributed by atoms with Crippen LogP contribution in [0.15, 0.2) is 70.8 Å². The Balaban J connectivity index is 0.00000380. The van der Waals surface area contributed by atoms with Gasteiger partial charge in [-0.2, -0.15) is 0 Å². The van der Waals surface area contributed by atoms with Gasteiger partial charge in [0.2, 0.25) is 5.95 Å². The molecule has 0 saturated carbocycles. The number of pyridine rings is 1. The van der Waals surface area contributed by atoms with Crippen molar-refractivity contribution >= 4 is 47.4 Å². The first-order valence-corrected chi connectivity index (χ1v) is 13.5. The lowest BCUT2D eigenvalue weighted by Gasteiger charge is -2.22. The van der Waals surface area contributed by atoms with Crippen molar-refractivity contribution < 1.29 is 9.90 Å². The SMILES string of the molecule is CCc1cnc(N(CCc2csc(SC(C)(C)C(=O)O)n2)Cc2ccc(-c3ccccn3)cc2)nc1.Cl. The number of benzene rings is 1. The fourth-order valence-corrected chi connectivity index (χ4v) is 5.67. The van der Waals surface area contributed by atoms with E-state index in [2.05, 4.69) is 56.0 Å². The van der Waals surface area contributed by atoms with E-state index in [1.54, 1.807) is 20.0 Å². The minimum atomic E-state index is -0.919. The minimum absolute atomic E-state index is 0. The number of anilines is 1. The van der Waals surface area contributed by atoms with E-state index in [0.29, 0.717) is 25.5 Å². The number of thioether (sulfide) groups is 1. The number of aliphatic carboxylic acids is 1. The Labute approximate surface area is 231 Å². The van der Waals surface area contributed by atoms with Crippen molar-refractivity contribution in [3.05, 3.63) is 83.3 Å². The van der Waals surface area contributed by atoms with E-state index in [0.717, 1.165) is 38.8 Å². The van der Waals surface area contributed by atoms with Gasteiger partial charge in [-0.1, -0.05) is 49.0 Å². The molecule has 0 saturated heterocycles. The van der Waals surface area contributed by atoms with Crippen molar-refractivity contribution in [3.8, 4) is 11.3 Å². The van der Waals surface area contributed by atoms with E-state index >= 15 is 0 Å². The standard InChI is InChI=1S/C27H29N5O2S2.ClH/c1-4-19-15-29-25(30-16-19)32(14-12-22-18-35-26(31-22)36-27(2,3)24(33)34)17-20-8-10-21(11-9-20)23-7-5-6-13-28-23;/h5-11,13,15-16,18H,4,12,14,17H2,1-3H3,(H,33,34);1H. The van der Waals surface area contributed by atoms with Crippen molar-refractivity contribution in [2.24, 2.45) is 0 Å². The zero-order chi connectivity index (χ0) is 25.5. The van der Waals surface area contributed by atoms with Crippen LogP contribution in [0.5, 0.6) is 0 Å². The average molecular weight is 556 g/mol. The third kappa shape index (κ3) is 7.74. The minimum Gasteiger partial charge on any atom is -0.480 e. The van der Waals surface area contributed by atoms with E-state index in [4.69, 9.17) is 0 Å². The molecule has 0 unspecified atom stereocenters. The highest BCUT2D eigenvalue weighted by atomic mass is 35.5. The van der Waals surface area contributed by atoms with Gasteiger partial charge in [0.15, 0.2) is 4.34 Å². The van der Waals surface area contributed by atoms with E-state index in [1.165, 1.54) is 23.1 Å². The molecule has 0 amide bonds.